The first-order valence-electron chi connectivity index (χ1n) is 6.50. The highest BCUT2D eigenvalue weighted by molar-refractivity contribution is 4.60. The van der Waals surface area contributed by atoms with Crippen LogP contribution in [0.3, 0.4) is 0 Å². The standard InChI is InChI=1S/C13H29NO2/c1-5-7-8-12(6-2)10-16-11-13(15)9-14(3)4/h12-13,15H,5-11H2,1-4H3/t12-,13+/m1/s1. The molecule has 0 unspecified atom stereocenters. The molecule has 0 spiro atoms. The molecule has 0 fully saturated rings. The smallest absolute Gasteiger partial charge is 0.0899 e. The van der Waals surface area contributed by atoms with Gasteiger partial charge in [-0.05, 0) is 26.4 Å². The number of hydrogen-bond acceptors (Lipinski definition) is 3. The zero-order valence-corrected chi connectivity index (χ0v) is 11.4. The highest BCUT2D eigenvalue weighted by atomic mass is 16.5. The number of likely N-dealkylation sites (N-methyl/N-ethyl adjacent to an activating group) is 1. The molecule has 0 radical (unpaired) electrons. The van der Waals surface area contributed by atoms with Gasteiger partial charge in [-0.2, -0.15) is 0 Å². The van der Waals surface area contributed by atoms with Crippen LogP contribution in [-0.4, -0.2) is 50.0 Å². The minimum atomic E-state index is -0.362. The Labute approximate surface area is 101 Å². The maximum atomic E-state index is 9.61. The fraction of sp³-hybridized carbons (Fsp3) is 1.00. The van der Waals surface area contributed by atoms with Crippen LogP contribution >= 0.6 is 0 Å². The van der Waals surface area contributed by atoms with Crippen LogP contribution < -0.4 is 0 Å². The summed E-state index contributed by atoms with van der Waals surface area (Å²) >= 11 is 0. The van der Waals surface area contributed by atoms with Gasteiger partial charge in [0.1, 0.15) is 0 Å². The van der Waals surface area contributed by atoms with Gasteiger partial charge in [-0.15, -0.1) is 0 Å². The van der Waals surface area contributed by atoms with Gasteiger partial charge in [0, 0.05) is 13.2 Å². The summed E-state index contributed by atoms with van der Waals surface area (Å²) in [6.45, 7) is 6.35. The third kappa shape index (κ3) is 9.13. The van der Waals surface area contributed by atoms with Crippen LogP contribution in [0.25, 0.3) is 0 Å². The van der Waals surface area contributed by atoms with Gasteiger partial charge < -0.3 is 14.7 Å². The first-order chi connectivity index (χ1) is 7.60. The Bertz CT molecular complexity index is 151. The molecule has 3 nitrogen and oxygen atoms in total. The quantitative estimate of drug-likeness (QED) is 0.625. The second kappa shape index (κ2) is 10.1. The molecule has 0 aromatic rings. The number of ether oxygens (including phenoxy) is 1. The van der Waals surface area contributed by atoms with Gasteiger partial charge in [-0.25, -0.2) is 0 Å². The molecule has 0 aliphatic heterocycles. The minimum absolute atomic E-state index is 0.362. The van der Waals surface area contributed by atoms with Gasteiger partial charge in [-0.1, -0.05) is 33.1 Å². The lowest BCUT2D eigenvalue weighted by molar-refractivity contribution is 0.00895. The fourth-order valence-electron chi connectivity index (χ4n) is 1.74. The molecule has 0 aromatic heterocycles. The Morgan fingerprint density at radius 3 is 2.38 bits per heavy atom. The average Bonchev–Trinajstić information content (AvgIpc) is 2.22. The summed E-state index contributed by atoms with van der Waals surface area (Å²) in [5.74, 6) is 0.659. The first kappa shape index (κ1) is 15.9. The number of rotatable bonds is 10. The third-order valence-electron chi connectivity index (χ3n) is 2.78. The second-order valence-electron chi connectivity index (χ2n) is 4.87. The minimum Gasteiger partial charge on any atom is -0.389 e. The van der Waals surface area contributed by atoms with Crippen LogP contribution in [0, 0.1) is 5.92 Å². The summed E-state index contributed by atoms with van der Waals surface area (Å²) in [5.41, 5.74) is 0. The molecule has 98 valence electrons. The van der Waals surface area contributed by atoms with Crippen LogP contribution in [0.5, 0.6) is 0 Å². The third-order valence-corrected chi connectivity index (χ3v) is 2.78. The summed E-state index contributed by atoms with van der Waals surface area (Å²) in [4.78, 5) is 1.97. The summed E-state index contributed by atoms with van der Waals surface area (Å²) < 4.78 is 5.57. The summed E-state index contributed by atoms with van der Waals surface area (Å²) in [6, 6.07) is 0. The fourth-order valence-corrected chi connectivity index (χ4v) is 1.74. The predicted octanol–water partition coefficient (Wildman–Crippen LogP) is 2.14. The van der Waals surface area contributed by atoms with E-state index in [-0.39, 0.29) is 6.10 Å². The molecule has 16 heavy (non-hydrogen) atoms. The molecule has 3 heteroatoms. The Morgan fingerprint density at radius 1 is 1.19 bits per heavy atom. The predicted molar refractivity (Wildman–Crippen MR) is 68.7 cm³/mol. The number of aliphatic hydroxyl groups is 1. The molecule has 0 bridgehead atoms. The molecule has 0 aliphatic rings. The topological polar surface area (TPSA) is 32.7 Å². The van der Waals surface area contributed by atoms with E-state index in [4.69, 9.17) is 4.74 Å². The molecule has 2 atom stereocenters. The van der Waals surface area contributed by atoms with Crippen LogP contribution in [-0.2, 0) is 4.74 Å². The van der Waals surface area contributed by atoms with E-state index in [1.807, 2.05) is 19.0 Å². The van der Waals surface area contributed by atoms with Gasteiger partial charge in [0.15, 0.2) is 0 Å². The van der Waals surface area contributed by atoms with E-state index in [9.17, 15) is 5.11 Å². The molecular formula is C13H29NO2. The van der Waals surface area contributed by atoms with Crippen molar-refractivity contribution >= 4 is 0 Å². The number of unbranched alkanes of at least 4 members (excludes halogenated alkanes) is 1. The first-order valence-corrected chi connectivity index (χ1v) is 6.50. The van der Waals surface area contributed by atoms with Crippen LogP contribution in [0.2, 0.25) is 0 Å². The maximum Gasteiger partial charge on any atom is 0.0899 e. The Hall–Kier alpha value is -0.120. The van der Waals surface area contributed by atoms with Crippen molar-refractivity contribution < 1.29 is 9.84 Å². The molecule has 0 rings (SSSR count). The van der Waals surface area contributed by atoms with Crippen molar-refractivity contribution in [1.82, 2.24) is 4.90 Å². The van der Waals surface area contributed by atoms with Gasteiger partial charge in [0.25, 0.3) is 0 Å². The van der Waals surface area contributed by atoms with Crippen LogP contribution in [0.15, 0.2) is 0 Å². The molecular weight excluding hydrogens is 202 g/mol. The van der Waals surface area contributed by atoms with Gasteiger partial charge in [0.2, 0.25) is 0 Å². The van der Waals surface area contributed by atoms with Crippen LogP contribution in [0.4, 0.5) is 0 Å². The SMILES string of the molecule is CCCC[C@@H](CC)COC[C@@H](O)CN(C)C. The summed E-state index contributed by atoms with van der Waals surface area (Å²) in [6.07, 6.45) is 4.58. The molecule has 1 N–H and O–H groups in total. The van der Waals surface area contributed by atoms with E-state index in [0.717, 1.165) is 6.61 Å². The van der Waals surface area contributed by atoms with Gasteiger partial charge in [-0.3, -0.25) is 0 Å². The van der Waals surface area contributed by atoms with Crippen molar-refractivity contribution in [2.75, 3.05) is 33.9 Å². The van der Waals surface area contributed by atoms with E-state index < -0.39 is 0 Å². The zero-order valence-electron chi connectivity index (χ0n) is 11.4. The molecule has 0 aromatic carbocycles. The van der Waals surface area contributed by atoms with E-state index in [1.54, 1.807) is 0 Å². The Kier molecular flexibility index (Phi) is 9.99. The molecule has 0 amide bonds. The van der Waals surface area contributed by atoms with E-state index in [2.05, 4.69) is 13.8 Å². The highest BCUT2D eigenvalue weighted by Gasteiger charge is 2.09. The second-order valence-corrected chi connectivity index (χ2v) is 4.87. The lowest BCUT2D eigenvalue weighted by Gasteiger charge is -2.18. The normalized spacial score (nSPS) is 15.4. The monoisotopic (exact) mass is 231 g/mol. The Morgan fingerprint density at radius 2 is 1.88 bits per heavy atom. The number of nitrogens with zero attached hydrogens (tertiary/aromatic N) is 1. The van der Waals surface area contributed by atoms with E-state index in [0.29, 0.717) is 19.1 Å². The summed E-state index contributed by atoms with van der Waals surface area (Å²) in [5, 5.41) is 9.61. The molecule has 0 aliphatic carbocycles. The molecule has 0 saturated carbocycles. The van der Waals surface area contributed by atoms with Crippen molar-refractivity contribution in [1.29, 1.82) is 0 Å². The molecule has 0 heterocycles. The highest BCUT2D eigenvalue weighted by Crippen LogP contribution is 2.12. The van der Waals surface area contributed by atoms with Crippen LogP contribution in [0.1, 0.15) is 39.5 Å². The lowest BCUT2D eigenvalue weighted by atomic mass is 10.0. The zero-order chi connectivity index (χ0) is 12.4. The number of hydrogen-bond donors (Lipinski definition) is 1. The van der Waals surface area contributed by atoms with Crippen molar-refractivity contribution in [3.63, 3.8) is 0 Å². The lowest BCUT2D eigenvalue weighted by Crippen LogP contribution is -2.30. The summed E-state index contributed by atoms with van der Waals surface area (Å²) in [7, 11) is 3.92. The largest absolute Gasteiger partial charge is 0.389 e. The van der Waals surface area contributed by atoms with E-state index >= 15 is 0 Å². The average molecular weight is 231 g/mol. The van der Waals surface area contributed by atoms with E-state index in [1.165, 1.54) is 25.7 Å². The van der Waals surface area contributed by atoms with Crippen molar-refractivity contribution in [3.05, 3.63) is 0 Å². The molecule has 0 saturated heterocycles. The number of aliphatic hydroxyl groups excluding tert-OH is 1. The van der Waals surface area contributed by atoms with Crippen molar-refractivity contribution in [2.24, 2.45) is 5.92 Å². The van der Waals surface area contributed by atoms with Crippen molar-refractivity contribution in [2.45, 2.75) is 45.6 Å². The Balaban J connectivity index is 3.53. The van der Waals surface area contributed by atoms with Gasteiger partial charge >= 0.3 is 0 Å². The van der Waals surface area contributed by atoms with Crippen molar-refractivity contribution in [3.8, 4) is 0 Å². The van der Waals surface area contributed by atoms with Gasteiger partial charge in [0.05, 0.1) is 12.7 Å². The maximum absolute atomic E-state index is 9.61.